The van der Waals surface area contributed by atoms with E-state index in [9.17, 15) is 18.0 Å². The van der Waals surface area contributed by atoms with E-state index in [1.165, 1.54) is 0 Å². The van der Waals surface area contributed by atoms with Gasteiger partial charge in [0.1, 0.15) is 4.88 Å². The Bertz CT molecular complexity index is 460. The van der Waals surface area contributed by atoms with Gasteiger partial charge >= 0.3 is 12.1 Å². The van der Waals surface area contributed by atoms with Crippen LogP contribution < -0.4 is 0 Å². The van der Waals surface area contributed by atoms with E-state index in [4.69, 9.17) is 5.11 Å². The number of aromatic nitrogens is 1. The van der Waals surface area contributed by atoms with E-state index >= 15 is 0 Å². The highest BCUT2D eigenvalue weighted by atomic mass is 32.1. The maximum atomic E-state index is 12.7. The number of aromatic carboxylic acids is 1. The first kappa shape index (κ1) is 16.9. The Morgan fingerprint density at radius 1 is 1.40 bits per heavy atom. The first-order valence-electron chi connectivity index (χ1n) is 6.24. The lowest BCUT2D eigenvalue weighted by atomic mass is 10.3. The third kappa shape index (κ3) is 4.75. The summed E-state index contributed by atoms with van der Waals surface area (Å²) in [6.45, 7) is 3.48. The average molecular weight is 310 g/mol. The number of likely N-dealkylation sites (N-methyl/N-ethyl adjacent to an activating group) is 1. The summed E-state index contributed by atoms with van der Waals surface area (Å²) in [6, 6.07) is 0. The van der Waals surface area contributed by atoms with Crippen LogP contribution >= 0.6 is 11.3 Å². The number of hydrogen-bond donors (Lipinski definition) is 1. The molecule has 8 heteroatoms. The van der Waals surface area contributed by atoms with Gasteiger partial charge < -0.3 is 10.0 Å². The molecule has 114 valence electrons. The highest BCUT2D eigenvalue weighted by molar-refractivity contribution is 7.13. The standard InChI is InChI=1S/C12H17F3N2O2S/c1-3-4-6-17(2)7-5-8-16-10(12(13,14)15)9(20-8)11(18)19/h3-7H2,1-2H3,(H,18,19). The summed E-state index contributed by atoms with van der Waals surface area (Å²) in [5.74, 6) is -1.58. The molecule has 0 aliphatic carbocycles. The summed E-state index contributed by atoms with van der Waals surface area (Å²) in [5.41, 5.74) is -1.29. The molecule has 4 nitrogen and oxygen atoms in total. The van der Waals surface area contributed by atoms with Gasteiger partial charge in [0.2, 0.25) is 0 Å². The third-order valence-corrected chi connectivity index (χ3v) is 3.84. The summed E-state index contributed by atoms with van der Waals surface area (Å²) in [7, 11) is 1.88. The van der Waals surface area contributed by atoms with Gasteiger partial charge in [0.05, 0.1) is 5.01 Å². The quantitative estimate of drug-likeness (QED) is 0.840. The Morgan fingerprint density at radius 3 is 2.50 bits per heavy atom. The first-order chi connectivity index (χ1) is 9.25. The molecule has 0 saturated carbocycles. The van der Waals surface area contributed by atoms with Crippen molar-refractivity contribution in [1.29, 1.82) is 0 Å². The monoisotopic (exact) mass is 310 g/mol. The van der Waals surface area contributed by atoms with Crippen molar-refractivity contribution in [3.8, 4) is 0 Å². The van der Waals surface area contributed by atoms with Crippen LogP contribution in [0.15, 0.2) is 0 Å². The predicted molar refractivity (Wildman–Crippen MR) is 70.2 cm³/mol. The molecule has 1 aromatic rings. The van der Waals surface area contributed by atoms with Crippen molar-refractivity contribution < 1.29 is 23.1 Å². The average Bonchev–Trinajstić information content (AvgIpc) is 2.78. The van der Waals surface area contributed by atoms with Crippen LogP contribution in [0, 0.1) is 0 Å². The molecule has 1 heterocycles. The van der Waals surface area contributed by atoms with Crippen molar-refractivity contribution in [2.45, 2.75) is 32.4 Å². The number of carboxylic acids is 1. The highest BCUT2D eigenvalue weighted by Gasteiger charge is 2.39. The second kappa shape index (κ2) is 7.03. The van der Waals surface area contributed by atoms with Crippen LogP contribution in [0.4, 0.5) is 13.2 Å². The summed E-state index contributed by atoms with van der Waals surface area (Å²) >= 11 is 0.603. The van der Waals surface area contributed by atoms with E-state index in [0.29, 0.717) is 24.3 Å². The number of carboxylic acid groups (broad SMARTS) is 1. The Hall–Kier alpha value is -1.15. The zero-order chi connectivity index (χ0) is 15.3. The second-order valence-electron chi connectivity index (χ2n) is 4.50. The van der Waals surface area contributed by atoms with Gasteiger partial charge in [-0.15, -0.1) is 11.3 Å². The molecule has 20 heavy (non-hydrogen) atoms. The lowest BCUT2D eigenvalue weighted by molar-refractivity contribution is -0.141. The molecule has 0 saturated heterocycles. The summed E-state index contributed by atoms with van der Waals surface area (Å²) in [6.07, 6.45) is -2.34. The lowest BCUT2D eigenvalue weighted by Gasteiger charge is -2.14. The number of alkyl halides is 3. The minimum absolute atomic E-state index is 0.207. The molecule has 0 spiro atoms. The first-order valence-corrected chi connectivity index (χ1v) is 7.06. The van der Waals surface area contributed by atoms with Crippen LogP contribution in [0.3, 0.4) is 0 Å². The Labute approximate surface area is 119 Å². The molecular formula is C12H17F3N2O2S. The summed E-state index contributed by atoms with van der Waals surface area (Å²) in [4.78, 5) is 15.5. The van der Waals surface area contributed by atoms with Gasteiger partial charge in [0, 0.05) is 13.0 Å². The van der Waals surface area contributed by atoms with E-state index in [-0.39, 0.29) is 5.01 Å². The van der Waals surface area contributed by atoms with Crippen molar-refractivity contribution in [2.75, 3.05) is 20.1 Å². The van der Waals surface area contributed by atoms with Crippen LogP contribution in [0.25, 0.3) is 0 Å². The molecule has 0 atom stereocenters. The molecule has 0 radical (unpaired) electrons. The molecule has 0 aromatic carbocycles. The summed E-state index contributed by atoms with van der Waals surface area (Å²) < 4.78 is 38.0. The molecule has 0 bridgehead atoms. The fraction of sp³-hybridized carbons (Fsp3) is 0.667. The number of thiazole rings is 1. The van der Waals surface area contributed by atoms with Gasteiger partial charge in [-0.05, 0) is 20.0 Å². The number of carbonyl (C=O) groups is 1. The van der Waals surface area contributed by atoms with Gasteiger partial charge in [-0.3, -0.25) is 0 Å². The Kier molecular flexibility index (Phi) is 5.94. The fourth-order valence-electron chi connectivity index (χ4n) is 1.63. The van der Waals surface area contributed by atoms with E-state index in [0.717, 1.165) is 19.4 Å². The topological polar surface area (TPSA) is 53.4 Å². The van der Waals surface area contributed by atoms with Gasteiger partial charge in [-0.25, -0.2) is 9.78 Å². The molecule has 0 fully saturated rings. The van der Waals surface area contributed by atoms with Crippen molar-refractivity contribution >= 4 is 17.3 Å². The van der Waals surface area contributed by atoms with Crippen LogP contribution in [0.1, 0.15) is 40.1 Å². The number of halogens is 3. The molecule has 0 aliphatic rings. The zero-order valence-electron chi connectivity index (χ0n) is 11.3. The van der Waals surface area contributed by atoms with Crippen LogP contribution in [0.5, 0.6) is 0 Å². The molecular weight excluding hydrogens is 293 g/mol. The molecule has 1 aromatic heterocycles. The molecule has 0 unspecified atom stereocenters. The maximum absolute atomic E-state index is 12.7. The van der Waals surface area contributed by atoms with Crippen LogP contribution in [-0.2, 0) is 12.6 Å². The minimum atomic E-state index is -4.73. The zero-order valence-corrected chi connectivity index (χ0v) is 12.1. The van der Waals surface area contributed by atoms with Gasteiger partial charge in [-0.1, -0.05) is 13.3 Å². The number of nitrogens with zero attached hydrogens (tertiary/aromatic N) is 2. The van der Waals surface area contributed by atoms with Crippen molar-refractivity contribution in [3.63, 3.8) is 0 Å². The fourth-order valence-corrected chi connectivity index (χ4v) is 2.55. The smallest absolute Gasteiger partial charge is 0.435 e. The summed E-state index contributed by atoms with van der Waals surface area (Å²) in [5, 5.41) is 9.00. The Morgan fingerprint density at radius 2 is 2.05 bits per heavy atom. The molecule has 1 N–H and O–H groups in total. The highest BCUT2D eigenvalue weighted by Crippen LogP contribution is 2.34. The van der Waals surface area contributed by atoms with Gasteiger partial charge in [-0.2, -0.15) is 13.2 Å². The largest absolute Gasteiger partial charge is 0.477 e. The number of unbranched alkanes of at least 4 members (excludes halogenated alkanes) is 1. The number of hydrogen-bond acceptors (Lipinski definition) is 4. The second-order valence-corrected chi connectivity index (χ2v) is 5.58. The van der Waals surface area contributed by atoms with Crippen molar-refractivity contribution in [3.05, 3.63) is 15.6 Å². The predicted octanol–water partition coefficient (Wildman–Crippen LogP) is 3.13. The number of rotatable bonds is 7. The lowest BCUT2D eigenvalue weighted by Crippen LogP contribution is -2.22. The Balaban J connectivity index is 2.75. The van der Waals surface area contributed by atoms with E-state index in [2.05, 4.69) is 11.9 Å². The van der Waals surface area contributed by atoms with Crippen LogP contribution in [-0.4, -0.2) is 41.1 Å². The van der Waals surface area contributed by atoms with Crippen LogP contribution in [0.2, 0.25) is 0 Å². The third-order valence-electron chi connectivity index (χ3n) is 2.73. The molecule has 0 aliphatic heterocycles. The van der Waals surface area contributed by atoms with Crippen molar-refractivity contribution in [1.82, 2.24) is 9.88 Å². The van der Waals surface area contributed by atoms with Gasteiger partial charge in [0.25, 0.3) is 0 Å². The van der Waals surface area contributed by atoms with Crippen molar-refractivity contribution in [2.24, 2.45) is 0 Å². The maximum Gasteiger partial charge on any atom is 0.435 e. The van der Waals surface area contributed by atoms with E-state index in [1.807, 2.05) is 11.9 Å². The molecule has 0 amide bonds. The van der Waals surface area contributed by atoms with Gasteiger partial charge in [0.15, 0.2) is 5.69 Å². The SMILES string of the molecule is CCCCN(C)CCc1nc(C(F)(F)F)c(C(=O)O)s1. The minimum Gasteiger partial charge on any atom is -0.477 e. The van der Waals surface area contributed by atoms with E-state index in [1.54, 1.807) is 0 Å². The normalized spacial score (nSPS) is 12.1. The van der Waals surface area contributed by atoms with E-state index < -0.39 is 22.7 Å². The molecule has 1 rings (SSSR count).